The Labute approximate surface area is 109 Å². The molecule has 0 aliphatic rings. The summed E-state index contributed by atoms with van der Waals surface area (Å²) in [6, 6.07) is 0. The quantitative estimate of drug-likeness (QED) is 0.848. The number of hydrogen-bond acceptors (Lipinski definition) is 8. The minimum Gasteiger partial charge on any atom is -0.368 e. The van der Waals surface area contributed by atoms with E-state index in [9.17, 15) is 0 Å². The van der Waals surface area contributed by atoms with E-state index in [-0.39, 0.29) is 5.95 Å². The molecule has 3 N–H and O–H groups in total. The fraction of sp³-hybridized carbons (Fsp3) is 0.400. The summed E-state index contributed by atoms with van der Waals surface area (Å²) in [5.74, 6) is 1.19. The molecule has 2 rings (SSSR count). The van der Waals surface area contributed by atoms with Gasteiger partial charge < -0.3 is 16.0 Å². The lowest BCUT2D eigenvalue weighted by atomic mass is 10.6. The Hall–Kier alpha value is -1.96. The maximum atomic E-state index is 5.63. The summed E-state index contributed by atoms with van der Waals surface area (Å²) in [6.45, 7) is 2.54. The van der Waals surface area contributed by atoms with Gasteiger partial charge in [0.25, 0.3) is 0 Å². The van der Waals surface area contributed by atoms with Gasteiger partial charge in [-0.15, -0.1) is 11.3 Å². The minimum atomic E-state index is 0.200. The first kappa shape index (κ1) is 12.5. The number of nitrogens with one attached hydrogen (secondary N) is 1. The smallest absolute Gasteiger partial charge is 0.231 e. The van der Waals surface area contributed by atoms with Crippen LogP contribution in [0.2, 0.25) is 0 Å². The molecule has 0 aliphatic carbocycles. The Kier molecular flexibility index (Phi) is 3.56. The van der Waals surface area contributed by atoms with Crippen LogP contribution in [0.1, 0.15) is 10.7 Å². The van der Waals surface area contributed by atoms with E-state index in [1.807, 2.05) is 26.4 Å². The molecule has 2 heterocycles. The maximum absolute atomic E-state index is 5.63. The Morgan fingerprint density at radius 2 is 2.06 bits per heavy atom. The summed E-state index contributed by atoms with van der Waals surface area (Å²) in [6.07, 6.45) is 0. The van der Waals surface area contributed by atoms with Crippen LogP contribution in [0.25, 0.3) is 0 Å². The molecule has 7 nitrogen and oxygen atoms in total. The van der Waals surface area contributed by atoms with Gasteiger partial charge in [0.05, 0.1) is 6.54 Å². The zero-order valence-electron chi connectivity index (χ0n) is 10.5. The molecule has 0 bridgehead atoms. The molecule has 2 aromatic rings. The van der Waals surface area contributed by atoms with E-state index in [0.717, 1.165) is 10.7 Å². The average molecular weight is 265 g/mol. The number of thiazole rings is 1. The van der Waals surface area contributed by atoms with Gasteiger partial charge in [-0.3, -0.25) is 0 Å². The van der Waals surface area contributed by atoms with Crippen molar-refractivity contribution >= 4 is 29.2 Å². The molecule has 0 amide bonds. The lowest BCUT2D eigenvalue weighted by Gasteiger charge is -2.11. The molecule has 96 valence electrons. The number of nitrogen functional groups attached to an aromatic ring is 1. The van der Waals surface area contributed by atoms with Crippen molar-refractivity contribution in [3.8, 4) is 0 Å². The number of anilines is 3. The molecule has 8 heteroatoms. The second kappa shape index (κ2) is 5.13. The van der Waals surface area contributed by atoms with Crippen molar-refractivity contribution in [3.05, 3.63) is 16.1 Å². The van der Waals surface area contributed by atoms with Crippen LogP contribution in [-0.2, 0) is 6.54 Å². The van der Waals surface area contributed by atoms with Crippen LogP contribution < -0.4 is 16.0 Å². The van der Waals surface area contributed by atoms with Gasteiger partial charge in [0.2, 0.25) is 17.8 Å². The molecule has 0 fully saturated rings. The molecular formula is C10H15N7S. The van der Waals surface area contributed by atoms with E-state index in [1.165, 1.54) is 0 Å². The van der Waals surface area contributed by atoms with E-state index in [4.69, 9.17) is 5.73 Å². The number of hydrogen-bond donors (Lipinski definition) is 2. The van der Waals surface area contributed by atoms with Crippen LogP contribution in [0.3, 0.4) is 0 Å². The zero-order valence-corrected chi connectivity index (χ0v) is 11.3. The number of aryl methyl sites for hydroxylation is 1. The summed E-state index contributed by atoms with van der Waals surface area (Å²) in [7, 11) is 3.70. The molecular weight excluding hydrogens is 250 g/mol. The molecule has 0 saturated heterocycles. The summed E-state index contributed by atoms with van der Waals surface area (Å²) in [5.41, 5.74) is 6.64. The monoisotopic (exact) mass is 265 g/mol. The lowest BCUT2D eigenvalue weighted by molar-refractivity contribution is 0.946. The first-order valence-electron chi connectivity index (χ1n) is 5.38. The zero-order chi connectivity index (χ0) is 13.1. The predicted molar refractivity (Wildman–Crippen MR) is 72.7 cm³/mol. The van der Waals surface area contributed by atoms with Crippen molar-refractivity contribution in [2.75, 3.05) is 30.0 Å². The van der Waals surface area contributed by atoms with Crippen LogP contribution >= 0.6 is 11.3 Å². The number of aromatic nitrogens is 4. The third-order valence-corrected chi connectivity index (χ3v) is 3.07. The second-order valence-corrected chi connectivity index (χ2v) is 4.89. The van der Waals surface area contributed by atoms with Gasteiger partial charge in [0.15, 0.2) is 0 Å². The number of nitrogens with two attached hydrogens (primary N) is 1. The normalized spacial score (nSPS) is 10.4. The van der Waals surface area contributed by atoms with E-state index >= 15 is 0 Å². The van der Waals surface area contributed by atoms with E-state index < -0.39 is 0 Å². The molecule has 0 atom stereocenters. The fourth-order valence-corrected chi connectivity index (χ4v) is 2.01. The maximum Gasteiger partial charge on any atom is 0.231 e. The molecule has 0 saturated carbocycles. The fourth-order valence-electron chi connectivity index (χ4n) is 1.30. The topological polar surface area (TPSA) is 92.8 Å². The number of nitrogens with zero attached hydrogens (tertiary/aromatic N) is 5. The van der Waals surface area contributed by atoms with Crippen LogP contribution in [0, 0.1) is 6.92 Å². The molecule has 0 radical (unpaired) electrons. The molecule has 0 aliphatic heterocycles. The van der Waals surface area contributed by atoms with Gasteiger partial charge in [-0.1, -0.05) is 0 Å². The SMILES string of the molecule is Cc1csc(CNc2nc(N)nc(N(C)C)n2)n1. The molecule has 2 aromatic heterocycles. The standard InChI is InChI=1S/C10H15N7S/c1-6-5-18-7(13-6)4-12-9-14-8(11)15-10(16-9)17(2)3/h5H,4H2,1-3H3,(H3,11,12,14,15,16). The highest BCUT2D eigenvalue weighted by molar-refractivity contribution is 7.09. The lowest BCUT2D eigenvalue weighted by Crippen LogP contribution is -2.16. The summed E-state index contributed by atoms with van der Waals surface area (Å²) >= 11 is 1.60. The van der Waals surface area contributed by atoms with Crippen LogP contribution in [0.5, 0.6) is 0 Å². The molecule has 18 heavy (non-hydrogen) atoms. The highest BCUT2D eigenvalue weighted by Gasteiger charge is 2.06. The Morgan fingerprint density at radius 1 is 1.28 bits per heavy atom. The predicted octanol–water partition coefficient (Wildman–Crippen LogP) is 0.897. The second-order valence-electron chi connectivity index (χ2n) is 3.95. The summed E-state index contributed by atoms with van der Waals surface area (Å²) < 4.78 is 0. The van der Waals surface area contributed by atoms with E-state index in [0.29, 0.717) is 18.4 Å². The van der Waals surface area contributed by atoms with Gasteiger partial charge in [0.1, 0.15) is 5.01 Å². The van der Waals surface area contributed by atoms with Gasteiger partial charge in [0, 0.05) is 25.2 Å². The Morgan fingerprint density at radius 3 is 2.67 bits per heavy atom. The number of rotatable bonds is 4. The van der Waals surface area contributed by atoms with Gasteiger partial charge in [-0.25, -0.2) is 4.98 Å². The first-order valence-corrected chi connectivity index (χ1v) is 6.26. The van der Waals surface area contributed by atoms with E-state index in [2.05, 4.69) is 25.3 Å². The van der Waals surface area contributed by atoms with Crippen molar-refractivity contribution in [2.45, 2.75) is 13.5 Å². The summed E-state index contributed by atoms with van der Waals surface area (Å²) in [4.78, 5) is 18.4. The van der Waals surface area contributed by atoms with Crippen molar-refractivity contribution in [1.82, 2.24) is 19.9 Å². The molecule has 0 spiro atoms. The van der Waals surface area contributed by atoms with Gasteiger partial charge in [-0.05, 0) is 6.92 Å². The van der Waals surface area contributed by atoms with Crippen molar-refractivity contribution < 1.29 is 0 Å². The van der Waals surface area contributed by atoms with Crippen LogP contribution in [-0.4, -0.2) is 34.0 Å². The van der Waals surface area contributed by atoms with Crippen molar-refractivity contribution in [1.29, 1.82) is 0 Å². The highest BCUT2D eigenvalue weighted by Crippen LogP contribution is 2.12. The molecule has 0 unspecified atom stereocenters. The van der Waals surface area contributed by atoms with Crippen LogP contribution in [0.15, 0.2) is 5.38 Å². The largest absolute Gasteiger partial charge is 0.368 e. The minimum absolute atomic E-state index is 0.200. The Bertz CT molecular complexity index is 537. The van der Waals surface area contributed by atoms with Crippen molar-refractivity contribution in [3.63, 3.8) is 0 Å². The molecule has 0 aromatic carbocycles. The third kappa shape index (κ3) is 3.04. The van der Waals surface area contributed by atoms with Gasteiger partial charge in [-0.2, -0.15) is 15.0 Å². The van der Waals surface area contributed by atoms with Crippen LogP contribution in [0.4, 0.5) is 17.8 Å². The highest BCUT2D eigenvalue weighted by atomic mass is 32.1. The van der Waals surface area contributed by atoms with E-state index in [1.54, 1.807) is 16.2 Å². The Balaban J connectivity index is 2.09. The summed E-state index contributed by atoms with van der Waals surface area (Å²) in [5, 5.41) is 6.08. The third-order valence-electron chi connectivity index (χ3n) is 2.11. The first-order chi connectivity index (χ1) is 8.54. The average Bonchev–Trinajstić information content (AvgIpc) is 2.72. The van der Waals surface area contributed by atoms with Gasteiger partial charge >= 0.3 is 0 Å². The van der Waals surface area contributed by atoms with Crippen molar-refractivity contribution in [2.24, 2.45) is 0 Å².